The molecule has 0 rings (SSSR count). The first kappa shape index (κ1) is 29.1. The molecule has 0 aliphatic rings. The summed E-state index contributed by atoms with van der Waals surface area (Å²) in [6.45, 7) is -0.465. The van der Waals surface area contributed by atoms with Crippen molar-refractivity contribution in [2.45, 2.75) is 82.5 Å². The summed E-state index contributed by atoms with van der Waals surface area (Å²) in [5, 5.41) is 0. The third-order valence-electron chi connectivity index (χ3n) is 4.15. The van der Waals surface area contributed by atoms with E-state index in [0.717, 1.165) is 38.5 Å². The fourth-order valence-electron chi connectivity index (χ4n) is 2.27. The molecule has 31 heavy (non-hydrogen) atoms. The lowest BCUT2D eigenvalue weighted by Crippen LogP contribution is -2.59. The molecule has 0 spiro atoms. The summed E-state index contributed by atoms with van der Waals surface area (Å²) in [4.78, 5) is 22.6. The van der Waals surface area contributed by atoms with Gasteiger partial charge in [0.2, 0.25) is 0 Å². The Morgan fingerprint density at radius 1 is 0.774 bits per heavy atom. The average Bonchev–Trinajstić information content (AvgIpc) is 2.69. The first-order chi connectivity index (χ1) is 14.3. The Morgan fingerprint density at radius 2 is 1.23 bits per heavy atom. The summed E-state index contributed by atoms with van der Waals surface area (Å²) in [6.07, 6.45) is 3.60. The van der Waals surface area contributed by atoms with Gasteiger partial charge in [-0.1, -0.05) is 51.9 Å². The van der Waals surface area contributed by atoms with Crippen molar-refractivity contribution >= 4 is 11.9 Å². The molecule has 0 aromatic heterocycles. The summed E-state index contributed by atoms with van der Waals surface area (Å²) in [5.74, 6) is -21.4. The molecule has 0 aliphatic carbocycles. The third kappa shape index (κ3) is 9.86. The van der Waals surface area contributed by atoms with Crippen molar-refractivity contribution in [2.75, 3.05) is 13.2 Å². The van der Waals surface area contributed by atoms with E-state index in [1.54, 1.807) is 0 Å². The highest BCUT2D eigenvalue weighted by Crippen LogP contribution is 2.48. The molecule has 0 bridgehead atoms. The highest BCUT2D eigenvalue weighted by Gasteiger charge is 2.75. The van der Waals surface area contributed by atoms with E-state index in [1.165, 1.54) is 6.42 Å². The van der Waals surface area contributed by atoms with Gasteiger partial charge in [0.05, 0.1) is 6.61 Å². The minimum Gasteiger partial charge on any atom is -0.463 e. The average molecular weight is 470 g/mol. The topological polar surface area (TPSA) is 52.6 Å². The number of esters is 2. The number of hydrogen-bond donors (Lipinski definition) is 0. The van der Waals surface area contributed by atoms with Crippen LogP contribution in [0.3, 0.4) is 0 Å². The van der Waals surface area contributed by atoms with Crippen LogP contribution in [0.1, 0.15) is 58.3 Å². The van der Waals surface area contributed by atoms with Crippen molar-refractivity contribution in [1.29, 1.82) is 0 Å². The van der Waals surface area contributed by atoms with E-state index >= 15 is 0 Å². The van der Waals surface area contributed by atoms with Crippen molar-refractivity contribution in [1.82, 2.24) is 0 Å². The standard InChI is InChI=1S/C19H26F8O4/c1-2-3-4-5-6-7-8-9-12-30-14(28)10-11-15(29)31-13-17(22,23)19(26,27)18(24,25)16(20)21/h10-11,16H,2-9,12-13H2,1H3/b11-10+. The molecule has 0 saturated heterocycles. The van der Waals surface area contributed by atoms with Crippen LogP contribution in [0.5, 0.6) is 0 Å². The quantitative estimate of drug-likeness (QED) is 0.121. The Hall–Kier alpha value is -1.88. The normalized spacial score (nSPS) is 13.1. The molecule has 0 radical (unpaired) electrons. The molecule has 0 fully saturated rings. The first-order valence-electron chi connectivity index (χ1n) is 9.72. The maximum absolute atomic E-state index is 13.2. The molecule has 0 heterocycles. The molecular formula is C19H26F8O4. The minimum atomic E-state index is -6.48. The summed E-state index contributed by atoms with van der Waals surface area (Å²) in [5.41, 5.74) is 0. The molecule has 0 N–H and O–H groups in total. The van der Waals surface area contributed by atoms with Crippen LogP contribution in [-0.4, -0.2) is 49.3 Å². The van der Waals surface area contributed by atoms with Gasteiger partial charge in [-0.25, -0.2) is 18.4 Å². The lowest BCUT2D eigenvalue weighted by atomic mass is 10.1. The Morgan fingerprint density at radius 3 is 1.71 bits per heavy atom. The van der Waals surface area contributed by atoms with Crippen molar-refractivity contribution in [3.05, 3.63) is 12.2 Å². The summed E-state index contributed by atoms with van der Waals surface area (Å²) in [6, 6.07) is 0. The molecule has 0 atom stereocenters. The minimum absolute atomic E-state index is 0.0280. The first-order valence-corrected chi connectivity index (χ1v) is 9.72. The molecule has 0 aromatic carbocycles. The van der Waals surface area contributed by atoms with Crippen molar-refractivity contribution in [2.24, 2.45) is 0 Å². The maximum atomic E-state index is 13.2. The molecule has 0 amide bonds. The zero-order chi connectivity index (χ0) is 24.1. The molecule has 0 unspecified atom stereocenters. The number of ether oxygens (including phenoxy) is 2. The van der Waals surface area contributed by atoms with E-state index in [4.69, 9.17) is 4.74 Å². The number of carbonyl (C=O) groups excluding carboxylic acids is 2. The van der Waals surface area contributed by atoms with Crippen LogP contribution in [0.15, 0.2) is 12.2 Å². The number of carbonyl (C=O) groups is 2. The predicted octanol–water partition coefficient (Wildman–Crippen LogP) is 5.94. The Labute approximate surface area is 174 Å². The van der Waals surface area contributed by atoms with E-state index in [2.05, 4.69) is 11.7 Å². The fraction of sp³-hybridized carbons (Fsp3) is 0.789. The van der Waals surface area contributed by atoms with Crippen molar-refractivity contribution < 1.29 is 54.2 Å². The van der Waals surface area contributed by atoms with Gasteiger partial charge in [-0.05, 0) is 6.42 Å². The highest BCUT2D eigenvalue weighted by atomic mass is 19.4. The summed E-state index contributed by atoms with van der Waals surface area (Å²) < 4.78 is 110. The Balaban J connectivity index is 4.27. The lowest BCUT2D eigenvalue weighted by Gasteiger charge is -2.31. The van der Waals surface area contributed by atoms with Gasteiger partial charge in [0, 0.05) is 12.2 Å². The SMILES string of the molecule is CCCCCCCCCCOC(=O)/C=C/C(=O)OCC(F)(F)C(F)(F)C(F)(F)C(F)F. The Bertz CT molecular complexity index is 579. The van der Waals surface area contributed by atoms with Gasteiger partial charge < -0.3 is 9.47 Å². The van der Waals surface area contributed by atoms with E-state index in [9.17, 15) is 44.7 Å². The van der Waals surface area contributed by atoms with Crippen molar-refractivity contribution in [3.8, 4) is 0 Å². The largest absolute Gasteiger partial charge is 0.463 e. The number of unbranched alkanes of at least 4 members (excludes halogenated alkanes) is 7. The van der Waals surface area contributed by atoms with E-state index in [1.807, 2.05) is 0 Å². The molecule has 12 heteroatoms. The van der Waals surface area contributed by atoms with Crippen LogP contribution in [0.2, 0.25) is 0 Å². The molecule has 0 aromatic rings. The molecule has 0 aliphatic heterocycles. The number of halogens is 8. The second-order valence-corrected chi connectivity index (χ2v) is 6.79. The second-order valence-electron chi connectivity index (χ2n) is 6.79. The smallest absolute Gasteiger partial charge is 0.381 e. The van der Waals surface area contributed by atoms with Crippen LogP contribution in [0.25, 0.3) is 0 Å². The van der Waals surface area contributed by atoms with Crippen LogP contribution in [-0.2, 0) is 19.1 Å². The molecular weight excluding hydrogens is 444 g/mol. The highest BCUT2D eigenvalue weighted by molar-refractivity contribution is 5.91. The van der Waals surface area contributed by atoms with Gasteiger partial charge in [0.25, 0.3) is 0 Å². The van der Waals surface area contributed by atoms with E-state index in [0.29, 0.717) is 12.5 Å². The number of alkyl halides is 8. The summed E-state index contributed by atoms with van der Waals surface area (Å²) in [7, 11) is 0. The van der Waals surface area contributed by atoms with Gasteiger partial charge in [0.15, 0.2) is 6.61 Å². The number of rotatable bonds is 16. The van der Waals surface area contributed by atoms with Crippen LogP contribution >= 0.6 is 0 Å². The van der Waals surface area contributed by atoms with Gasteiger partial charge >= 0.3 is 36.1 Å². The van der Waals surface area contributed by atoms with Crippen LogP contribution in [0, 0.1) is 0 Å². The van der Waals surface area contributed by atoms with E-state index < -0.39 is 42.7 Å². The Kier molecular flexibility index (Phi) is 12.7. The van der Waals surface area contributed by atoms with Crippen LogP contribution < -0.4 is 0 Å². The van der Waals surface area contributed by atoms with Crippen molar-refractivity contribution in [3.63, 3.8) is 0 Å². The van der Waals surface area contributed by atoms with E-state index in [-0.39, 0.29) is 12.7 Å². The predicted molar refractivity (Wildman–Crippen MR) is 94.5 cm³/mol. The molecule has 4 nitrogen and oxygen atoms in total. The zero-order valence-electron chi connectivity index (χ0n) is 17.0. The fourth-order valence-corrected chi connectivity index (χ4v) is 2.27. The second kappa shape index (κ2) is 13.5. The van der Waals surface area contributed by atoms with Gasteiger partial charge in [0.1, 0.15) is 0 Å². The molecule has 182 valence electrons. The monoisotopic (exact) mass is 470 g/mol. The maximum Gasteiger partial charge on any atom is 0.381 e. The van der Waals surface area contributed by atoms with Gasteiger partial charge in [-0.2, -0.15) is 26.3 Å². The third-order valence-corrected chi connectivity index (χ3v) is 4.15. The van der Waals surface area contributed by atoms with Gasteiger partial charge in [-0.3, -0.25) is 0 Å². The lowest BCUT2D eigenvalue weighted by molar-refractivity contribution is -0.344. The zero-order valence-corrected chi connectivity index (χ0v) is 17.0. The summed E-state index contributed by atoms with van der Waals surface area (Å²) >= 11 is 0. The molecule has 0 saturated carbocycles. The number of hydrogen-bond acceptors (Lipinski definition) is 4. The van der Waals surface area contributed by atoms with Gasteiger partial charge in [-0.15, -0.1) is 0 Å². The van der Waals surface area contributed by atoms with Crippen LogP contribution in [0.4, 0.5) is 35.1 Å².